The SMILES string of the molecule is Cl.O=C(Nc1ccc2c(c1)CNCC2)C1CCCCC1C(F)(F)F. The Bertz CT molecular complexity index is 592. The summed E-state index contributed by atoms with van der Waals surface area (Å²) in [5.74, 6) is -3.00. The summed E-state index contributed by atoms with van der Waals surface area (Å²) < 4.78 is 39.4. The van der Waals surface area contributed by atoms with Gasteiger partial charge in [-0.05, 0) is 49.1 Å². The number of halogens is 4. The Hall–Kier alpha value is -1.27. The van der Waals surface area contributed by atoms with Crippen LogP contribution >= 0.6 is 12.4 Å². The lowest BCUT2D eigenvalue weighted by molar-refractivity contribution is -0.197. The molecule has 2 atom stereocenters. The maximum Gasteiger partial charge on any atom is 0.392 e. The average molecular weight is 363 g/mol. The fourth-order valence-corrected chi connectivity index (χ4v) is 3.63. The van der Waals surface area contributed by atoms with Gasteiger partial charge in [0.05, 0.1) is 5.92 Å². The van der Waals surface area contributed by atoms with Gasteiger partial charge < -0.3 is 10.6 Å². The third-order valence-corrected chi connectivity index (χ3v) is 4.88. The van der Waals surface area contributed by atoms with Crippen LogP contribution in [0.3, 0.4) is 0 Å². The zero-order chi connectivity index (χ0) is 16.4. The maximum absolute atomic E-state index is 13.1. The van der Waals surface area contributed by atoms with Crippen LogP contribution in [0.5, 0.6) is 0 Å². The van der Waals surface area contributed by atoms with E-state index in [4.69, 9.17) is 0 Å². The molecule has 134 valence electrons. The molecule has 0 radical (unpaired) electrons. The van der Waals surface area contributed by atoms with Gasteiger partial charge in [-0.2, -0.15) is 13.2 Å². The minimum Gasteiger partial charge on any atom is -0.326 e. The van der Waals surface area contributed by atoms with E-state index in [9.17, 15) is 18.0 Å². The Morgan fingerprint density at radius 2 is 1.92 bits per heavy atom. The van der Waals surface area contributed by atoms with E-state index >= 15 is 0 Å². The smallest absolute Gasteiger partial charge is 0.326 e. The van der Waals surface area contributed by atoms with Crippen LogP contribution in [0.15, 0.2) is 18.2 Å². The van der Waals surface area contributed by atoms with Crippen LogP contribution in [0, 0.1) is 11.8 Å². The van der Waals surface area contributed by atoms with E-state index in [2.05, 4.69) is 10.6 Å². The van der Waals surface area contributed by atoms with Crippen molar-refractivity contribution in [1.82, 2.24) is 5.32 Å². The van der Waals surface area contributed by atoms with Gasteiger partial charge in [-0.3, -0.25) is 4.79 Å². The van der Waals surface area contributed by atoms with Crippen LogP contribution < -0.4 is 10.6 Å². The molecule has 1 fully saturated rings. The molecular formula is C17H22ClF3N2O. The standard InChI is InChI=1S/C17H21F3N2O.ClH/c18-17(19,20)15-4-2-1-3-14(15)16(23)22-13-6-5-11-7-8-21-10-12(11)9-13;/h5-6,9,14-15,21H,1-4,7-8,10H2,(H,22,23);1H. The summed E-state index contributed by atoms with van der Waals surface area (Å²) in [4.78, 5) is 12.4. The molecule has 3 nitrogen and oxygen atoms in total. The lowest BCUT2D eigenvalue weighted by Gasteiger charge is -2.32. The molecule has 1 aromatic rings. The number of carbonyl (C=O) groups excluding carboxylic acids is 1. The third-order valence-electron chi connectivity index (χ3n) is 4.88. The van der Waals surface area contributed by atoms with E-state index < -0.39 is 23.9 Å². The second-order valence-electron chi connectivity index (χ2n) is 6.44. The number of alkyl halides is 3. The molecular weight excluding hydrogens is 341 g/mol. The summed E-state index contributed by atoms with van der Waals surface area (Å²) in [5.41, 5.74) is 2.92. The first-order valence-electron chi connectivity index (χ1n) is 8.15. The van der Waals surface area contributed by atoms with E-state index in [-0.39, 0.29) is 18.8 Å². The second-order valence-corrected chi connectivity index (χ2v) is 6.44. The maximum atomic E-state index is 13.1. The Morgan fingerprint density at radius 3 is 2.67 bits per heavy atom. The molecule has 3 rings (SSSR count). The number of hydrogen-bond acceptors (Lipinski definition) is 2. The van der Waals surface area contributed by atoms with Crippen LogP contribution in [0.1, 0.15) is 36.8 Å². The van der Waals surface area contributed by atoms with Crippen molar-refractivity contribution in [2.75, 3.05) is 11.9 Å². The van der Waals surface area contributed by atoms with Gasteiger partial charge >= 0.3 is 6.18 Å². The second kappa shape index (κ2) is 7.74. The van der Waals surface area contributed by atoms with Gasteiger partial charge in [-0.25, -0.2) is 0 Å². The molecule has 1 saturated carbocycles. The van der Waals surface area contributed by atoms with Crippen molar-refractivity contribution in [1.29, 1.82) is 0 Å². The summed E-state index contributed by atoms with van der Waals surface area (Å²) in [6.45, 7) is 1.65. The lowest BCUT2D eigenvalue weighted by Crippen LogP contribution is -2.39. The molecule has 1 aliphatic heterocycles. The molecule has 1 amide bonds. The normalized spacial score (nSPS) is 23.8. The van der Waals surface area contributed by atoms with Crippen molar-refractivity contribution >= 4 is 24.0 Å². The van der Waals surface area contributed by atoms with Crippen molar-refractivity contribution in [2.45, 2.75) is 44.8 Å². The van der Waals surface area contributed by atoms with E-state index in [1.165, 1.54) is 5.56 Å². The fourth-order valence-electron chi connectivity index (χ4n) is 3.63. The highest BCUT2D eigenvalue weighted by atomic mass is 35.5. The van der Waals surface area contributed by atoms with E-state index in [1.54, 1.807) is 6.07 Å². The minimum atomic E-state index is -4.30. The summed E-state index contributed by atoms with van der Waals surface area (Å²) in [7, 11) is 0. The van der Waals surface area contributed by atoms with Gasteiger partial charge in [0.2, 0.25) is 5.91 Å². The number of carbonyl (C=O) groups is 1. The van der Waals surface area contributed by atoms with E-state index in [0.717, 1.165) is 25.1 Å². The van der Waals surface area contributed by atoms with Crippen LogP contribution in [-0.4, -0.2) is 18.6 Å². The number of fused-ring (bicyclic) bond motifs is 1. The molecule has 7 heteroatoms. The Kier molecular flexibility index (Phi) is 6.15. The summed E-state index contributed by atoms with van der Waals surface area (Å²) >= 11 is 0. The Labute approximate surface area is 145 Å². The Morgan fingerprint density at radius 1 is 1.17 bits per heavy atom. The number of benzene rings is 1. The molecule has 1 aliphatic carbocycles. The van der Waals surface area contributed by atoms with Gasteiger partial charge in [0.1, 0.15) is 0 Å². The summed E-state index contributed by atoms with van der Waals surface area (Å²) in [5, 5.41) is 5.95. The van der Waals surface area contributed by atoms with Crippen molar-refractivity contribution in [2.24, 2.45) is 11.8 Å². The first kappa shape index (κ1) is 19.1. The highest BCUT2D eigenvalue weighted by Crippen LogP contribution is 2.41. The van der Waals surface area contributed by atoms with Crippen molar-refractivity contribution in [3.8, 4) is 0 Å². The lowest BCUT2D eigenvalue weighted by atomic mass is 9.78. The zero-order valence-electron chi connectivity index (χ0n) is 13.3. The summed E-state index contributed by atoms with van der Waals surface area (Å²) in [6, 6.07) is 5.60. The molecule has 1 heterocycles. The van der Waals surface area contributed by atoms with E-state index in [1.807, 2.05) is 12.1 Å². The monoisotopic (exact) mass is 362 g/mol. The zero-order valence-corrected chi connectivity index (χ0v) is 14.1. The van der Waals surface area contributed by atoms with Gasteiger partial charge in [0.25, 0.3) is 0 Å². The fraction of sp³-hybridized carbons (Fsp3) is 0.588. The predicted molar refractivity (Wildman–Crippen MR) is 89.2 cm³/mol. The quantitative estimate of drug-likeness (QED) is 0.833. The molecule has 24 heavy (non-hydrogen) atoms. The van der Waals surface area contributed by atoms with Gasteiger partial charge in [0, 0.05) is 18.2 Å². The topological polar surface area (TPSA) is 41.1 Å². The molecule has 0 bridgehead atoms. The number of amides is 1. The molecule has 0 aromatic heterocycles. The number of anilines is 1. The van der Waals surface area contributed by atoms with Crippen LogP contribution in [0.2, 0.25) is 0 Å². The molecule has 2 aliphatic rings. The molecule has 2 unspecified atom stereocenters. The molecule has 1 aromatic carbocycles. The highest BCUT2D eigenvalue weighted by molar-refractivity contribution is 5.93. The van der Waals surface area contributed by atoms with Crippen LogP contribution in [0.25, 0.3) is 0 Å². The van der Waals surface area contributed by atoms with E-state index in [0.29, 0.717) is 24.9 Å². The Balaban J connectivity index is 0.00000208. The van der Waals surface area contributed by atoms with Gasteiger partial charge in [-0.1, -0.05) is 18.9 Å². The van der Waals surface area contributed by atoms with Crippen molar-refractivity contribution in [3.05, 3.63) is 29.3 Å². The highest BCUT2D eigenvalue weighted by Gasteiger charge is 2.48. The molecule has 2 N–H and O–H groups in total. The molecule has 0 spiro atoms. The summed E-state index contributed by atoms with van der Waals surface area (Å²) in [6.07, 6.45) is -1.79. The van der Waals surface area contributed by atoms with Crippen LogP contribution in [0.4, 0.5) is 18.9 Å². The van der Waals surface area contributed by atoms with Crippen molar-refractivity contribution in [3.63, 3.8) is 0 Å². The van der Waals surface area contributed by atoms with Gasteiger partial charge in [0.15, 0.2) is 0 Å². The molecule has 0 saturated heterocycles. The number of hydrogen-bond donors (Lipinski definition) is 2. The number of rotatable bonds is 2. The first-order valence-corrected chi connectivity index (χ1v) is 8.15. The van der Waals surface area contributed by atoms with Crippen molar-refractivity contribution < 1.29 is 18.0 Å². The predicted octanol–water partition coefficient (Wildman–Crippen LogP) is 4.06. The van der Waals surface area contributed by atoms with Gasteiger partial charge in [-0.15, -0.1) is 12.4 Å². The first-order chi connectivity index (χ1) is 10.9. The third kappa shape index (κ3) is 4.22. The average Bonchev–Trinajstić information content (AvgIpc) is 2.54. The largest absolute Gasteiger partial charge is 0.392 e. The minimum absolute atomic E-state index is 0. The number of nitrogens with one attached hydrogen (secondary N) is 2. The van der Waals surface area contributed by atoms with Crippen LogP contribution in [-0.2, 0) is 17.8 Å².